The number of nitrogen functional groups attached to an aromatic ring is 1. The van der Waals surface area contributed by atoms with Crippen LogP contribution in [-0.4, -0.2) is 11.7 Å². The van der Waals surface area contributed by atoms with Crippen LogP contribution in [0, 0.1) is 13.8 Å². The van der Waals surface area contributed by atoms with Gasteiger partial charge >= 0.3 is 0 Å². The number of amides is 1. The zero-order valence-corrected chi connectivity index (χ0v) is 14.3. The predicted molar refractivity (Wildman–Crippen MR) is 93.8 cm³/mol. The Hall–Kier alpha value is -1.46. The van der Waals surface area contributed by atoms with Crippen LogP contribution in [0.5, 0.6) is 0 Å². The molecule has 3 N–H and O–H groups in total. The quantitative estimate of drug-likeness (QED) is 0.625. The summed E-state index contributed by atoms with van der Waals surface area (Å²) < 4.78 is 1.03. The van der Waals surface area contributed by atoms with Crippen molar-refractivity contribution in [2.45, 2.75) is 18.7 Å². The number of anilines is 2. The minimum atomic E-state index is -0.0401. The molecular formula is C16H17BrN2OS. The lowest BCUT2D eigenvalue weighted by Crippen LogP contribution is -2.14. The molecule has 2 aromatic rings. The fourth-order valence-electron chi connectivity index (χ4n) is 1.86. The highest BCUT2D eigenvalue weighted by atomic mass is 79.9. The number of nitrogens with two attached hydrogens (primary N) is 1. The van der Waals surface area contributed by atoms with Crippen molar-refractivity contribution < 1.29 is 4.79 Å². The Labute approximate surface area is 137 Å². The molecule has 3 nitrogen and oxygen atoms in total. The van der Waals surface area contributed by atoms with E-state index >= 15 is 0 Å². The van der Waals surface area contributed by atoms with E-state index in [1.807, 2.05) is 50.2 Å². The fourth-order valence-corrected chi connectivity index (χ4v) is 2.86. The molecule has 0 heterocycles. The standard InChI is InChI=1S/C16H17BrN2OS/c1-10-3-6-15(14(18)7-10)21-9-16(20)19-12-4-5-13(17)11(2)8-12/h3-8H,9,18H2,1-2H3,(H,19,20). The van der Waals surface area contributed by atoms with Crippen molar-refractivity contribution in [1.82, 2.24) is 0 Å². The van der Waals surface area contributed by atoms with E-state index in [-0.39, 0.29) is 5.91 Å². The molecule has 0 fully saturated rings. The van der Waals surface area contributed by atoms with Gasteiger partial charge in [-0.05, 0) is 55.3 Å². The summed E-state index contributed by atoms with van der Waals surface area (Å²) in [6.07, 6.45) is 0. The lowest BCUT2D eigenvalue weighted by Gasteiger charge is -2.08. The van der Waals surface area contributed by atoms with Crippen molar-refractivity contribution in [3.8, 4) is 0 Å². The van der Waals surface area contributed by atoms with Gasteiger partial charge in [-0.3, -0.25) is 4.79 Å². The molecule has 0 atom stereocenters. The Morgan fingerprint density at radius 1 is 1.24 bits per heavy atom. The van der Waals surface area contributed by atoms with Crippen molar-refractivity contribution in [1.29, 1.82) is 0 Å². The smallest absolute Gasteiger partial charge is 0.234 e. The van der Waals surface area contributed by atoms with Gasteiger partial charge in [0.15, 0.2) is 0 Å². The van der Waals surface area contributed by atoms with Gasteiger partial charge in [-0.2, -0.15) is 0 Å². The van der Waals surface area contributed by atoms with E-state index in [0.29, 0.717) is 11.4 Å². The SMILES string of the molecule is Cc1ccc(SCC(=O)Nc2ccc(Br)c(C)c2)c(N)c1. The predicted octanol–water partition coefficient (Wildman–Crippen LogP) is 4.38. The lowest BCUT2D eigenvalue weighted by molar-refractivity contribution is -0.113. The molecule has 0 aromatic heterocycles. The molecule has 0 aliphatic rings. The Morgan fingerprint density at radius 2 is 2.00 bits per heavy atom. The molecule has 5 heteroatoms. The molecule has 0 aliphatic heterocycles. The molecule has 0 spiro atoms. The number of hydrogen-bond acceptors (Lipinski definition) is 3. The van der Waals surface area contributed by atoms with Crippen LogP contribution in [0.1, 0.15) is 11.1 Å². The second-order valence-electron chi connectivity index (χ2n) is 4.84. The van der Waals surface area contributed by atoms with Crippen molar-refractivity contribution >= 4 is 45.0 Å². The van der Waals surface area contributed by atoms with E-state index in [9.17, 15) is 4.79 Å². The molecule has 110 valence electrons. The van der Waals surface area contributed by atoms with E-state index in [1.165, 1.54) is 11.8 Å². The molecule has 2 rings (SSSR count). The Morgan fingerprint density at radius 3 is 2.67 bits per heavy atom. The van der Waals surface area contributed by atoms with Crippen LogP contribution >= 0.6 is 27.7 Å². The molecule has 0 saturated heterocycles. The minimum absolute atomic E-state index is 0.0401. The highest BCUT2D eigenvalue weighted by Gasteiger charge is 2.07. The van der Waals surface area contributed by atoms with Crippen molar-refractivity contribution in [2.24, 2.45) is 0 Å². The molecule has 0 radical (unpaired) electrons. The van der Waals surface area contributed by atoms with Crippen LogP contribution < -0.4 is 11.1 Å². The van der Waals surface area contributed by atoms with Gasteiger partial charge < -0.3 is 11.1 Å². The molecule has 0 unspecified atom stereocenters. The first-order chi connectivity index (χ1) is 9.95. The maximum Gasteiger partial charge on any atom is 0.234 e. The summed E-state index contributed by atoms with van der Waals surface area (Å²) in [6.45, 7) is 3.98. The first kappa shape index (κ1) is 15.9. The van der Waals surface area contributed by atoms with Crippen LogP contribution in [0.15, 0.2) is 45.8 Å². The molecule has 1 amide bonds. The number of rotatable bonds is 4. The Balaban J connectivity index is 1.94. The number of hydrogen-bond donors (Lipinski definition) is 2. The second kappa shape index (κ2) is 7.00. The highest BCUT2D eigenvalue weighted by Crippen LogP contribution is 2.26. The van der Waals surface area contributed by atoms with Gasteiger partial charge in [0.25, 0.3) is 0 Å². The largest absolute Gasteiger partial charge is 0.398 e. The summed E-state index contributed by atoms with van der Waals surface area (Å²) in [5.74, 6) is 0.296. The van der Waals surface area contributed by atoms with Crippen molar-refractivity contribution in [2.75, 3.05) is 16.8 Å². The number of carbonyl (C=O) groups is 1. The normalized spacial score (nSPS) is 10.4. The van der Waals surface area contributed by atoms with E-state index in [0.717, 1.165) is 26.2 Å². The maximum absolute atomic E-state index is 12.0. The average molecular weight is 365 g/mol. The summed E-state index contributed by atoms with van der Waals surface area (Å²) in [5, 5.41) is 2.89. The third-order valence-corrected chi connectivity index (χ3v) is 4.94. The third-order valence-electron chi connectivity index (χ3n) is 2.97. The van der Waals surface area contributed by atoms with Crippen molar-refractivity contribution in [3.05, 3.63) is 52.0 Å². The van der Waals surface area contributed by atoms with Crippen LogP contribution in [0.4, 0.5) is 11.4 Å². The molecule has 0 aliphatic carbocycles. The summed E-state index contributed by atoms with van der Waals surface area (Å²) in [7, 11) is 0. The summed E-state index contributed by atoms with van der Waals surface area (Å²) >= 11 is 4.88. The number of halogens is 1. The summed E-state index contributed by atoms with van der Waals surface area (Å²) in [6, 6.07) is 11.6. The van der Waals surface area contributed by atoms with Gasteiger partial charge in [0, 0.05) is 20.7 Å². The number of carbonyl (C=O) groups excluding carboxylic acids is 1. The van der Waals surface area contributed by atoms with Crippen LogP contribution in [0.25, 0.3) is 0 Å². The van der Waals surface area contributed by atoms with Crippen LogP contribution in [-0.2, 0) is 4.79 Å². The number of aryl methyl sites for hydroxylation is 2. The number of thioether (sulfide) groups is 1. The topological polar surface area (TPSA) is 55.1 Å². The van der Waals surface area contributed by atoms with E-state index in [4.69, 9.17) is 5.73 Å². The number of nitrogens with one attached hydrogen (secondary N) is 1. The van der Waals surface area contributed by atoms with Gasteiger partial charge in [0.1, 0.15) is 0 Å². The highest BCUT2D eigenvalue weighted by molar-refractivity contribution is 9.10. The van der Waals surface area contributed by atoms with Crippen LogP contribution in [0.3, 0.4) is 0 Å². The van der Waals surface area contributed by atoms with Gasteiger partial charge in [0.2, 0.25) is 5.91 Å². The molecule has 21 heavy (non-hydrogen) atoms. The third kappa shape index (κ3) is 4.51. The number of benzene rings is 2. The zero-order chi connectivity index (χ0) is 15.4. The van der Waals surface area contributed by atoms with Gasteiger partial charge in [0.05, 0.1) is 5.75 Å². The van der Waals surface area contributed by atoms with E-state index < -0.39 is 0 Å². The van der Waals surface area contributed by atoms with E-state index in [2.05, 4.69) is 21.2 Å². The second-order valence-corrected chi connectivity index (χ2v) is 6.71. The van der Waals surface area contributed by atoms with E-state index in [1.54, 1.807) is 0 Å². The summed E-state index contributed by atoms with van der Waals surface area (Å²) in [5.41, 5.74) is 9.66. The lowest BCUT2D eigenvalue weighted by atomic mass is 10.2. The minimum Gasteiger partial charge on any atom is -0.398 e. The van der Waals surface area contributed by atoms with Gasteiger partial charge in [-0.25, -0.2) is 0 Å². The van der Waals surface area contributed by atoms with Gasteiger partial charge in [-0.15, -0.1) is 11.8 Å². The van der Waals surface area contributed by atoms with Crippen molar-refractivity contribution in [3.63, 3.8) is 0 Å². The summed E-state index contributed by atoms with van der Waals surface area (Å²) in [4.78, 5) is 12.9. The average Bonchev–Trinajstić information content (AvgIpc) is 2.42. The van der Waals surface area contributed by atoms with Crippen LogP contribution in [0.2, 0.25) is 0 Å². The Kier molecular flexibility index (Phi) is 5.31. The molecule has 0 saturated carbocycles. The Bertz CT molecular complexity index is 673. The molecule has 0 bridgehead atoms. The molecular weight excluding hydrogens is 348 g/mol. The fraction of sp³-hybridized carbons (Fsp3) is 0.188. The van der Waals surface area contributed by atoms with Gasteiger partial charge in [-0.1, -0.05) is 22.0 Å². The first-order valence-electron chi connectivity index (χ1n) is 6.50. The zero-order valence-electron chi connectivity index (χ0n) is 11.9. The molecule has 2 aromatic carbocycles. The maximum atomic E-state index is 12.0. The monoisotopic (exact) mass is 364 g/mol. The first-order valence-corrected chi connectivity index (χ1v) is 8.28.